The lowest BCUT2D eigenvalue weighted by Crippen LogP contribution is -2.37. The van der Waals surface area contributed by atoms with E-state index in [9.17, 15) is 9.90 Å². The predicted molar refractivity (Wildman–Crippen MR) is 83.0 cm³/mol. The average Bonchev–Trinajstić information content (AvgIpc) is 2.52. The molecule has 2 atom stereocenters. The standard InChI is InChI=1S/C17H21NO3/c1-3-21-17(20)12(2)18-11-16(19)15-9-8-13-6-4-5-7-14(13)10-15/h4-10,12,16,18-19H,3,11H2,1-2H3. The maximum absolute atomic E-state index is 11.5. The Labute approximate surface area is 124 Å². The molecule has 2 N–H and O–H groups in total. The first-order chi connectivity index (χ1) is 10.1. The van der Waals surface area contributed by atoms with Crippen molar-refractivity contribution in [3.63, 3.8) is 0 Å². The lowest BCUT2D eigenvalue weighted by atomic mass is 10.0. The zero-order chi connectivity index (χ0) is 15.2. The van der Waals surface area contributed by atoms with E-state index in [1.165, 1.54) is 0 Å². The first-order valence-electron chi connectivity index (χ1n) is 7.18. The summed E-state index contributed by atoms with van der Waals surface area (Å²) in [6, 6.07) is 13.4. The van der Waals surface area contributed by atoms with E-state index in [2.05, 4.69) is 5.32 Å². The van der Waals surface area contributed by atoms with Gasteiger partial charge in [-0.25, -0.2) is 0 Å². The Bertz CT molecular complexity index is 612. The molecule has 4 heteroatoms. The van der Waals surface area contributed by atoms with Crippen molar-refractivity contribution in [2.75, 3.05) is 13.2 Å². The van der Waals surface area contributed by atoms with Gasteiger partial charge in [-0.2, -0.15) is 0 Å². The maximum atomic E-state index is 11.5. The van der Waals surface area contributed by atoms with Gasteiger partial charge in [-0.05, 0) is 36.2 Å². The van der Waals surface area contributed by atoms with Crippen molar-refractivity contribution < 1.29 is 14.6 Å². The summed E-state index contributed by atoms with van der Waals surface area (Å²) >= 11 is 0. The summed E-state index contributed by atoms with van der Waals surface area (Å²) in [7, 11) is 0. The molecule has 0 aromatic heterocycles. The molecule has 0 spiro atoms. The van der Waals surface area contributed by atoms with Gasteiger partial charge in [0.15, 0.2) is 0 Å². The van der Waals surface area contributed by atoms with Crippen molar-refractivity contribution in [2.24, 2.45) is 0 Å². The van der Waals surface area contributed by atoms with Gasteiger partial charge in [-0.15, -0.1) is 0 Å². The molecule has 21 heavy (non-hydrogen) atoms. The van der Waals surface area contributed by atoms with E-state index in [0.717, 1.165) is 16.3 Å². The summed E-state index contributed by atoms with van der Waals surface area (Å²) in [6.45, 7) is 4.16. The number of fused-ring (bicyclic) bond motifs is 1. The van der Waals surface area contributed by atoms with E-state index in [-0.39, 0.29) is 5.97 Å². The quantitative estimate of drug-likeness (QED) is 0.801. The van der Waals surface area contributed by atoms with Crippen LogP contribution < -0.4 is 5.32 Å². The highest BCUT2D eigenvalue weighted by atomic mass is 16.5. The van der Waals surface area contributed by atoms with Gasteiger partial charge >= 0.3 is 5.97 Å². The van der Waals surface area contributed by atoms with Crippen molar-refractivity contribution in [1.29, 1.82) is 0 Å². The SMILES string of the molecule is CCOC(=O)C(C)NCC(O)c1ccc2ccccc2c1. The van der Waals surface area contributed by atoms with Crippen LogP contribution >= 0.6 is 0 Å². The number of aliphatic hydroxyl groups is 1. The highest BCUT2D eigenvalue weighted by molar-refractivity contribution is 5.83. The highest BCUT2D eigenvalue weighted by Crippen LogP contribution is 2.20. The third-order valence-corrected chi connectivity index (χ3v) is 3.42. The minimum Gasteiger partial charge on any atom is -0.465 e. The number of carbonyl (C=O) groups excluding carboxylic acids is 1. The lowest BCUT2D eigenvalue weighted by Gasteiger charge is -2.16. The lowest BCUT2D eigenvalue weighted by molar-refractivity contribution is -0.145. The van der Waals surface area contributed by atoms with Crippen LogP contribution in [0.25, 0.3) is 10.8 Å². The van der Waals surface area contributed by atoms with Crippen LogP contribution in [0.1, 0.15) is 25.5 Å². The number of aliphatic hydroxyl groups excluding tert-OH is 1. The molecule has 0 saturated heterocycles. The van der Waals surface area contributed by atoms with E-state index < -0.39 is 12.1 Å². The largest absolute Gasteiger partial charge is 0.465 e. The maximum Gasteiger partial charge on any atom is 0.322 e. The van der Waals surface area contributed by atoms with Crippen molar-refractivity contribution in [1.82, 2.24) is 5.32 Å². The molecule has 2 unspecified atom stereocenters. The van der Waals surface area contributed by atoms with Crippen molar-refractivity contribution in [3.05, 3.63) is 48.0 Å². The zero-order valence-corrected chi connectivity index (χ0v) is 12.4. The number of hydrogen-bond donors (Lipinski definition) is 2. The fraction of sp³-hybridized carbons (Fsp3) is 0.353. The van der Waals surface area contributed by atoms with Crippen LogP contribution in [0.5, 0.6) is 0 Å². The van der Waals surface area contributed by atoms with Crippen molar-refractivity contribution in [3.8, 4) is 0 Å². The molecule has 0 radical (unpaired) electrons. The Morgan fingerprint density at radius 1 is 1.24 bits per heavy atom. The Kier molecular flexibility index (Phi) is 5.31. The van der Waals surface area contributed by atoms with Gasteiger partial charge in [0.2, 0.25) is 0 Å². The average molecular weight is 287 g/mol. The van der Waals surface area contributed by atoms with Crippen molar-refractivity contribution >= 4 is 16.7 Å². The monoisotopic (exact) mass is 287 g/mol. The summed E-state index contributed by atoms with van der Waals surface area (Å²) in [5.41, 5.74) is 0.831. The molecule has 112 valence electrons. The number of carbonyl (C=O) groups is 1. The molecule has 0 heterocycles. The predicted octanol–water partition coefficient (Wildman–Crippen LogP) is 2.41. The topological polar surface area (TPSA) is 58.6 Å². The molecule has 0 bridgehead atoms. The summed E-state index contributed by atoms with van der Waals surface area (Å²) in [5, 5.41) is 15.4. The number of benzene rings is 2. The van der Waals surface area contributed by atoms with Gasteiger partial charge in [0.25, 0.3) is 0 Å². The number of nitrogens with one attached hydrogen (secondary N) is 1. The van der Waals surface area contributed by atoms with Crippen molar-refractivity contribution in [2.45, 2.75) is 26.0 Å². The second-order valence-electron chi connectivity index (χ2n) is 5.00. The number of esters is 1. The van der Waals surface area contributed by atoms with Gasteiger partial charge in [-0.1, -0.05) is 36.4 Å². The summed E-state index contributed by atoms with van der Waals surface area (Å²) in [5.74, 6) is -0.303. The highest BCUT2D eigenvalue weighted by Gasteiger charge is 2.15. The molecule has 2 aromatic rings. The van der Waals surface area contributed by atoms with Crippen LogP contribution in [-0.4, -0.2) is 30.3 Å². The van der Waals surface area contributed by atoms with Gasteiger partial charge in [-0.3, -0.25) is 4.79 Å². The zero-order valence-electron chi connectivity index (χ0n) is 12.4. The third kappa shape index (κ3) is 4.03. The summed E-state index contributed by atoms with van der Waals surface area (Å²) < 4.78 is 4.92. The fourth-order valence-corrected chi connectivity index (χ4v) is 2.17. The molecule has 0 aliphatic rings. The molecule has 0 aliphatic carbocycles. The van der Waals surface area contributed by atoms with Crippen LogP contribution in [0.4, 0.5) is 0 Å². The molecule has 4 nitrogen and oxygen atoms in total. The third-order valence-electron chi connectivity index (χ3n) is 3.42. The Hall–Kier alpha value is -1.91. The van der Waals surface area contributed by atoms with Crippen LogP contribution in [0.15, 0.2) is 42.5 Å². The Morgan fingerprint density at radius 2 is 1.95 bits per heavy atom. The summed E-state index contributed by atoms with van der Waals surface area (Å²) in [4.78, 5) is 11.5. The molecule has 0 amide bonds. The van der Waals surface area contributed by atoms with Crippen LogP contribution in [-0.2, 0) is 9.53 Å². The van der Waals surface area contributed by atoms with E-state index in [4.69, 9.17) is 4.74 Å². The van der Waals surface area contributed by atoms with Gasteiger partial charge in [0.05, 0.1) is 12.7 Å². The minimum atomic E-state index is -0.661. The Morgan fingerprint density at radius 3 is 2.67 bits per heavy atom. The second kappa shape index (κ2) is 7.20. The number of ether oxygens (including phenoxy) is 1. The van der Waals surface area contributed by atoms with Crippen LogP contribution in [0.2, 0.25) is 0 Å². The van der Waals surface area contributed by atoms with E-state index in [1.807, 2.05) is 42.5 Å². The van der Waals surface area contributed by atoms with Crippen LogP contribution in [0, 0.1) is 0 Å². The molecule has 0 saturated carbocycles. The summed E-state index contributed by atoms with van der Waals surface area (Å²) in [6.07, 6.45) is -0.661. The minimum absolute atomic E-state index is 0.303. The molecular weight excluding hydrogens is 266 g/mol. The normalized spacial score (nSPS) is 13.9. The van der Waals surface area contributed by atoms with Gasteiger partial charge < -0.3 is 15.2 Å². The van der Waals surface area contributed by atoms with E-state index in [0.29, 0.717) is 13.2 Å². The molecule has 2 rings (SSSR count). The van der Waals surface area contributed by atoms with Gasteiger partial charge in [0, 0.05) is 6.54 Å². The van der Waals surface area contributed by atoms with E-state index >= 15 is 0 Å². The van der Waals surface area contributed by atoms with Gasteiger partial charge in [0.1, 0.15) is 6.04 Å². The van der Waals surface area contributed by atoms with E-state index in [1.54, 1.807) is 13.8 Å². The fourth-order valence-electron chi connectivity index (χ4n) is 2.17. The first kappa shape index (κ1) is 15.5. The molecule has 2 aromatic carbocycles. The molecule has 0 fully saturated rings. The van der Waals surface area contributed by atoms with Crippen LogP contribution in [0.3, 0.4) is 0 Å². The molecule has 0 aliphatic heterocycles. The number of hydrogen-bond acceptors (Lipinski definition) is 4. The smallest absolute Gasteiger partial charge is 0.322 e. The molecular formula is C17H21NO3. The second-order valence-corrected chi connectivity index (χ2v) is 5.00. The Balaban J connectivity index is 1.98. The first-order valence-corrected chi connectivity index (χ1v) is 7.18. The number of rotatable bonds is 6.